The number of hydrogen-bond acceptors (Lipinski definition) is 6. The van der Waals surface area contributed by atoms with Crippen LogP contribution in [0.5, 0.6) is 0 Å². The second-order valence-corrected chi connectivity index (χ2v) is 8.47. The van der Waals surface area contributed by atoms with Gasteiger partial charge in [0, 0.05) is 28.4 Å². The summed E-state index contributed by atoms with van der Waals surface area (Å²) in [4.78, 5) is 42.6. The molecule has 2 aromatic carbocycles. The molecule has 2 aromatic heterocycles. The number of nitrogens with one attached hydrogen (secondary N) is 3. The van der Waals surface area contributed by atoms with Gasteiger partial charge in [-0.25, -0.2) is 4.98 Å². The Morgan fingerprint density at radius 3 is 2.33 bits per heavy atom. The van der Waals surface area contributed by atoms with E-state index in [1.54, 1.807) is 91.1 Å². The third kappa shape index (κ3) is 7.18. The monoisotopic (exact) mass is 498 g/mol. The van der Waals surface area contributed by atoms with Crippen LogP contribution in [-0.4, -0.2) is 28.5 Å². The minimum absolute atomic E-state index is 0.0310. The maximum atomic E-state index is 13.0. The predicted molar refractivity (Wildman–Crippen MR) is 139 cm³/mol. The van der Waals surface area contributed by atoms with E-state index in [2.05, 4.69) is 20.9 Å². The normalized spacial score (nSPS) is 10.9. The van der Waals surface area contributed by atoms with Crippen molar-refractivity contribution in [2.75, 3.05) is 16.4 Å². The minimum atomic E-state index is -0.508. The van der Waals surface area contributed by atoms with Crippen molar-refractivity contribution >= 4 is 47.1 Å². The first-order valence-corrected chi connectivity index (χ1v) is 11.9. The molecule has 0 fully saturated rings. The predicted octanol–water partition coefficient (Wildman–Crippen LogP) is 4.82. The standard InChI is InChI=1S/C27H22N4O4S/c32-25(31-24-10-4-5-15-28-24)18-36-22-13-11-20(12-14-22)29-27(34)23(17-21-9-6-16-35-21)30-26(33)19-7-2-1-3-8-19/h1-17H,18H2,(H,29,34)(H,30,33)(H,28,31,32)/b23-17-. The molecule has 0 aliphatic heterocycles. The van der Waals surface area contributed by atoms with Gasteiger partial charge in [0.05, 0.1) is 12.0 Å². The van der Waals surface area contributed by atoms with Crippen LogP contribution in [0.3, 0.4) is 0 Å². The summed E-state index contributed by atoms with van der Waals surface area (Å²) >= 11 is 1.36. The highest BCUT2D eigenvalue weighted by Crippen LogP contribution is 2.21. The lowest BCUT2D eigenvalue weighted by Gasteiger charge is -2.11. The SMILES string of the molecule is O=C(CSc1ccc(NC(=O)/C(=C/c2ccco2)NC(=O)c2ccccc2)cc1)Nc1ccccn1. The highest BCUT2D eigenvalue weighted by atomic mass is 32.2. The molecule has 0 aliphatic rings. The molecule has 2 heterocycles. The van der Waals surface area contributed by atoms with Gasteiger partial charge in [0.25, 0.3) is 11.8 Å². The number of carbonyl (C=O) groups excluding carboxylic acids is 3. The second kappa shape index (κ2) is 12.2. The van der Waals surface area contributed by atoms with Crippen molar-refractivity contribution in [1.29, 1.82) is 0 Å². The highest BCUT2D eigenvalue weighted by molar-refractivity contribution is 8.00. The van der Waals surface area contributed by atoms with Crippen LogP contribution in [0.1, 0.15) is 16.1 Å². The van der Waals surface area contributed by atoms with Crippen LogP contribution >= 0.6 is 11.8 Å². The fourth-order valence-electron chi connectivity index (χ4n) is 3.06. The van der Waals surface area contributed by atoms with E-state index < -0.39 is 11.8 Å². The maximum absolute atomic E-state index is 13.0. The molecule has 0 saturated heterocycles. The average Bonchev–Trinajstić information content (AvgIpc) is 3.42. The van der Waals surface area contributed by atoms with E-state index in [9.17, 15) is 14.4 Å². The molecular weight excluding hydrogens is 476 g/mol. The van der Waals surface area contributed by atoms with Crippen molar-refractivity contribution in [1.82, 2.24) is 10.3 Å². The molecule has 0 spiro atoms. The summed E-state index contributed by atoms with van der Waals surface area (Å²) in [5.41, 5.74) is 0.981. The first-order valence-electron chi connectivity index (χ1n) is 10.9. The Bertz CT molecular complexity index is 1340. The molecule has 180 valence electrons. The Morgan fingerprint density at radius 1 is 0.861 bits per heavy atom. The van der Waals surface area contributed by atoms with Gasteiger partial charge in [-0.15, -0.1) is 11.8 Å². The fraction of sp³-hybridized carbons (Fsp3) is 0.0370. The average molecular weight is 499 g/mol. The van der Waals surface area contributed by atoms with Crippen molar-refractivity contribution in [3.8, 4) is 0 Å². The van der Waals surface area contributed by atoms with E-state index in [4.69, 9.17) is 4.42 Å². The van der Waals surface area contributed by atoms with E-state index in [1.807, 2.05) is 0 Å². The number of carbonyl (C=O) groups is 3. The van der Waals surface area contributed by atoms with Crippen LogP contribution in [0.15, 0.2) is 112 Å². The number of aromatic nitrogens is 1. The highest BCUT2D eigenvalue weighted by Gasteiger charge is 2.16. The number of amides is 3. The summed E-state index contributed by atoms with van der Waals surface area (Å²) in [5.74, 6) is 0.0373. The van der Waals surface area contributed by atoms with Crippen molar-refractivity contribution in [2.24, 2.45) is 0 Å². The van der Waals surface area contributed by atoms with Crippen molar-refractivity contribution in [2.45, 2.75) is 4.90 Å². The molecule has 0 unspecified atom stereocenters. The molecule has 0 radical (unpaired) electrons. The van der Waals surface area contributed by atoms with Gasteiger partial charge in [0.1, 0.15) is 17.3 Å². The van der Waals surface area contributed by atoms with Crippen LogP contribution < -0.4 is 16.0 Å². The number of thioether (sulfide) groups is 1. The molecule has 36 heavy (non-hydrogen) atoms. The topological polar surface area (TPSA) is 113 Å². The Kier molecular flexibility index (Phi) is 8.29. The van der Waals surface area contributed by atoms with Crippen LogP contribution in [0.4, 0.5) is 11.5 Å². The molecule has 0 bridgehead atoms. The van der Waals surface area contributed by atoms with Crippen molar-refractivity contribution in [3.63, 3.8) is 0 Å². The lowest BCUT2D eigenvalue weighted by Crippen LogP contribution is -2.30. The lowest BCUT2D eigenvalue weighted by molar-refractivity contribution is -0.114. The number of nitrogens with zero attached hydrogens (tertiary/aromatic N) is 1. The van der Waals surface area contributed by atoms with Gasteiger partial charge in [-0.2, -0.15) is 0 Å². The van der Waals surface area contributed by atoms with Gasteiger partial charge in [-0.3, -0.25) is 14.4 Å². The minimum Gasteiger partial charge on any atom is -0.465 e. The Labute approximate surface area is 211 Å². The Morgan fingerprint density at radius 2 is 1.64 bits per heavy atom. The molecule has 3 N–H and O–H groups in total. The molecule has 9 heteroatoms. The number of pyridine rings is 1. The van der Waals surface area contributed by atoms with Gasteiger partial charge in [0.2, 0.25) is 5.91 Å². The number of rotatable bonds is 9. The molecule has 0 atom stereocenters. The largest absolute Gasteiger partial charge is 0.465 e. The molecule has 0 saturated carbocycles. The van der Waals surface area contributed by atoms with E-state index in [1.165, 1.54) is 24.1 Å². The van der Waals surface area contributed by atoms with Gasteiger partial charge >= 0.3 is 0 Å². The quantitative estimate of drug-likeness (QED) is 0.225. The van der Waals surface area contributed by atoms with Gasteiger partial charge in [-0.1, -0.05) is 24.3 Å². The van der Waals surface area contributed by atoms with E-state index in [0.717, 1.165) is 4.90 Å². The van der Waals surface area contributed by atoms with Crippen LogP contribution in [-0.2, 0) is 9.59 Å². The molecule has 8 nitrogen and oxygen atoms in total. The van der Waals surface area contributed by atoms with Crippen LogP contribution in [0, 0.1) is 0 Å². The van der Waals surface area contributed by atoms with Crippen LogP contribution in [0.25, 0.3) is 6.08 Å². The first kappa shape index (κ1) is 24.5. The summed E-state index contributed by atoms with van der Waals surface area (Å²) in [7, 11) is 0. The maximum Gasteiger partial charge on any atom is 0.272 e. The molecule has 4 aromatic rings. The number of benzene rings is 2. The van der Waals surface area contributed by atoms with Gasteiger partial charge < -0.3 is 20.4 Å². The van der Waals surface area contributed by atoms with Gasteiger partial charge in [-0.05, 0) is 60.7 Å². The lowest BCUT2D eigenvalue weighted by atomic mass is 10.2. The summed E-state index contributed by atoms with van der Waals surface area (Å²) in [5, 5.41) is 8.16. The van der Waals surface area contributed by atoms with E-state index >= 15 is 0 Å². The first-order chi connectivity index (χ1) is 17.6. The van der Waals surface area contributed by atoms with Crippen molar-refractivity contribution in [3.05, 3.63) is 114 Å². The fourth-order valence-corrected chi connectivity index (χ4v) is 3.75. The van der Waals surface area contributed by atoms with Gasteiger partial charge in [0.15, 0.2) is 0 Å². The summed E-state index contributed by atoms with van der Waals surface area (Å²) < 4.78 is 5.30. The van der Waals surface area contributed by atoms with Crippen LogP contribution in [0.2, 0.25) is 0 Å². The summed E-state index contributed by atoms with van der Waals surface area (Å²) in [6.07, 6.45) is 4.55. The van der Waals surface area contributed by atoms with E-state index in [0.29, 0.717) is 22.8 Å². The Balaban J connectivity index is 1.37. The summed E-state index contributed by atoms with van der Waals surface area (Å²) in [6.45, 7) is 0. The molecule has 4 rings (SSSR count). The molecule has 3 amide bonds. The zero-order valence-corrected chi connectivity index (χ0v) is 19.8. The second-order valence-electron chi connectivity index (χ2n) is 7.42. The zero-order chi connectivity index (χ0) is 25.2. The number of furan rings is 1. The Hall–Kier alpha value is -4.63. The smallest absolute Gasteiger partial charge is 0.272 e. The summed E-state index contributed by atoms with van der Waals surface area (Å²) in [6, 6.07) is 24.3. The zero-order valence-electron chi connectivity index (χ0n) is 19.0. The third-order valence-corrected chi connectivity index (χ3v) is 5.79. The third-order valence-electron chi connectivity index (χ3n) is 4.77. The van der Waals surface area contributed by atoms with Crippen molar-refractivity contribution < 1.29 is 18.8 Å². The van der Waals surface area contributed by atoms with E-state index in [-0.39, 0.29) is 17.4 Å². The molecule has 0 aliphatic carbocycles. The molecular formula is C27H22N4O4S. The number of hydrogen-bond donors (Lipinski definition) is 3. The number of anilines is 2.